The van der Waals surface area contributed by atoms with Crippen molar-refractivity contribution in [3.63, 3.8) is 0 Å². The molecule has 1 heterocycles. The van der Waals surface area contributed by atoms with Crippen molar-refractivity contribution in [2.75, 3.05) is 20.8 Å². The summed E-state index contributed by atoms with van der Waals surface area (Å²) in [4.78, 5) is 26.5. The van der Waals surface area contributed by atoms with Gasteiger partial charge in [-0.3, -0.25) is 9.59 Å². The second-order valence-electron chi connectivity index (χ2n) is 8.12. The van der Waals surface area contributed by atoms with Gasteiger partial charge in [0.15, 0.2) is 0 Å². The lowest BCUT2D eigenvalue weighted by molar-refractivity contribution is -0.136. The number of carboxylic acids is 1. The molecule has 0 unspecified atom stereocenters. The highest BCUT2D eigenvalue weighted by atomic mass is 32.1. The lowest BCUT2D eigenvalue weighted by atomic mass is 10.0. The van der Waals surface area contributed by atoms with Crippen LogP contribution in [0.5, 0.6) is 11.5 Å². The summed E-state index contributed by atoms with van der Waals surface area (Å²) in [6.07, 6.45) is 2.54. The highest BCUT2D eigenvalue weighted by Crippen LogP contribution is 2.35. The number of carboxylic acid groups (broad SMARTS) is 1. The Hall–Kier alpha value is -3.32. The molecule has 1 amide bonds. The molecule has 0 aliphatic rings. The van der Waals surface area contributed by atoms with E-state index in [-0.39, 0.29) is 12.3 Å². The topological polar surface area (TPSA) is 76.1 Å². The molecule has 3 aromatic rings. The van der Waals surface area contributed by atoms with E-state index in [0.717, 1.165) is 40.2 Å². The summed E-state index contributed by atoms with van der Waals surface area (Å²) in [5, 5.41) is 11.1. The highest BCUT2D eigenvalue weighted by Gasteiger charge is 2.15. The molecule has 6 nitrogen and oxygen atoms in total. The van der Waals surface area contributed by atoms with E-state index in [4.69, 9.17) is 14.6 Å². The Kier molecular flexibility index (Phi) is 9.10. The van der Waals surface area contributed by atoms with Gasteiger partial charge in [0.2, 0.25) is 0 Å². The first kappa shape index (κ1) is 25.3. The van der Waals surface area contributed by atoms with Gasteiger partial charge in [-0.15, -0.1) is 11.3 Å². The summed E-state index contributed by atoms with van der Waals surface area (Å²) in [6.45, 7) is 3.22. The third kappa shape index (κ3) is 6.84. The van der Waals surface area contributed by atoms with Gasteiger partial charge in [0.25, 0.3) is 5.91 Å². The number of aliphatic carboxylic acids is 1. The number of carbonyl (C=O) groups excluding carboxylic acids is 1. The van der Waals surface area contributed by atoms with Crippen LogP contribution >= 0.6 is 11.3 Å². The fourth-order valence-electron chi connectivity index (χ4n) is 3.52. The van der Waals surface area contributed by atoms with Crippen LogP contribution in [0.15, 0.2) is 53.9 Å². The minimum atomic E-state index is -0.812. The van der Waals surface area contributed by atoms with Crippen LogP contribution in [0.3, 0.4) is 0 Å². The van der Waals surface area contributed by atoms with Crippen molar-refractivity contribution >= 4 is 23.2 Å². The van der Waals surface area contributed by atoms with Crippen LogP contribution in [0.2, 0.25) is 0 Å². The molecule has 34 heavy (non-hydrogen) atoms. The van der Waals surface area contributed by atoms with Crippen molar-refractivity contribution in [3.05, 3.63) is 69.9 Å². The molecule has 3 rings (SSSR count). The molecule has 1 N–H and O–H groups in total. The van der Waals surface area contributed by atoms with E-state index in [0.29, 0.717) is 30.9 Å². The number of amides is 1. The first-order valence-electron chi connectivity index (χ1n) is 11.4. The van der Waals surface area contributed by atoms with E-state index < -0.39 is 5.97 Å². The van der Waals surface area contributed by atoms with Gasteiger partial charge in [-0.2, -0.15) is 0 Å². The Bertz CT molecular complexity index is 1110. The Labute approximate surface area is 204 Å². The minimum absolute atomic E-state index is 0.0519. The van der Waals surface area contributed by atoms with Gasteiger partial charge in [0.1, 0.15) is 11.5 Å². The van der Waals surface area contributed by atoms with Gasteiger partial charge in [-0.1, -0.05) is 25.5 Å². The predicted octanol–water partition coefficient (Wildman–Crippen LogP) is 5.89. The second-order valence-corrected chi connectivity index (χ2v) is 9.11. The van der Waals surface area contributed by atoms with Crippen LogP contribution < -0.4 is 9.47 Å². The minimum Gasteiger partial charge on any atom is -0.497 e. The zero-order valence-corrected chi connectivity index (χ0v) is 20.7. The molecule has 180 valence electrons. The maximum atomic E-state index is 12.8. The van der Waals surface area contributed by atoms with E-state index in [1.165, 1.54) is 0 Å². The van der Waals surface area contributed by atoms with Crippen LogP contribution in [0.4, 0.5) is 0 Å². The summed E-state index contributed by atoms with van der Waals surface area (Å²) in [7, 11) is 3.39. The summed E-state index contributed by atoms with van der Waals surface area (Å²) in [6, 6.07) is 15.1. The molecule has 0 saturated carbocycles. The van der Waals surface area contributed by atoms with Crippen molar-refractivity contribution < 1.29 is 24.2 Å². The van der Waals surface area contributed by atoms with Gasteiger partial charge in [-0.05, 0) is 65.7 Å². The van der Waals surface area contributed by atoms with Gasteiger partial charge in [-0.25, -0.2) is 0 Å². The molecule has 1 aromatic heterocycles. The van der Waals surface area contributed by atoms with Crippen LogP contribution in [-0.2, 0) is 17.8 Å². The summed E-state index contributed by atoms with van der Waals surface area (Å²) >= 11 is 1.60. The van der Waals surface area contributed by atoms with E-state index in [2.05, 4.69) is 18.4 Å². The first-order chi connectivity index (χ1) is 16.4. The lowest BCUT2D eigenvalue weighted by Crippen LogP contribution is -2.25. The maximum Gasteiger partial charge on any atom is 0.303 e. The number of benzene rings is 2. The molecule has 2 aromatic carbocycles. The van der Waals surface area contributed by atoms with Gasteiger partial charge in [0, 0.05) is 29.5 Å². The first-order valence-corrected chi connectivity index (χ1v) is 12.2. The molecule has 0 fully saturated rings. The number of unbranched alkanes of at least 4 members (excludes halogenated alkanes) is 1. The predicted molar refractivity (Wildman–Crippen MR) is 135 cm³/mol. The molecule has 0 saturated heterocycles. The van der Waals surface area contributed by atoms with Crippen LogP contribution in [0, 0.1) is 0 Å². The smallest absolute Gasteiger partial charge is 0.303 e. The SMILES string of the molecule is CCCCOc1cc(CCC(=O)O)ccc1-c1csc(CN(C)C(=O)c2ccc(OC)cc2)c1. The number of hydrogen-bond donors (Lipinski definition) is 1. The van der Waals surface area contributed by atoms with Crippen LogP contribution in [0.1, 0.15) is 47.0 Å². The molecular weight excluding hydrogens is 450 g/mol. The molecule has 0 radical (unpaired) electrons. The molecule has 7 heteroatoms. The number of hydrogen-bond acceptors (Lipinski definition) is 5. The molecule has 0 aliphatic carbocycles. The fraction of sp³-hybridized carbons (Fsp3) is 0.333. The Morgan fingerprint density at radius 2 is 1.85 bits per heavy atom. The number of methoxy groups -OCH3 is 1. The quantitative estimate of drug-likeness (QED) is 0.326. The molecule has 0 bridgehead atoms. The van der Waals surface area contributed by atoms with E-state index in [9.17, 15) is 9.59 Å². The number of rotatable bonds is 12. The third-order valence-corrected chi connectivity index (χ3v) is 6.39. The second kappa shape index (κ2) is 12.2. The standard InChI is InChI=1S/C27H31NO5S/c1-4-5-14-33-25-15-19(7-13-26(29)30)6-12-24(25)21-16-23(34-18-21)17-28(2)27(31)20-8-10-22(32-3)11-9-20/h6,8-12,15-16,18H,4-5,7,13-14,17H2,1-3H3,(H,29,30). The van der Waals surface area contributed by atoms with E-state index >= 15 is 0 Å². The number of carbonyl (C=O) groups is 2. The molecule has 0 spiro atoms. The van der Waals surface area contributed by atoms with Gasteiger partial charge < -0.3 is 19.5 Å². The Morgan fingerprint density at radius 1 is 1.09 bits per heavy atom. The van der Waals surface area contributed by atoms with Crippen molar-refractivity contribution in [1.82, 2.24) is 4.90 Å². The van der Waals surface area contributed by atoms with Crippen molar-refractivity contribution in [2.45, 2.75) is 39.2 Å². The van der Waals surface area contributed by atoms with Crippen molar-refractivity contribution in [3.8, 4) is 22.6 Å². The van der Waals surface area contributed by atoms with Crippen molar-refractivity contribution in [1.29, 1.82) is 0 Å². The summed E-state index contributed by atoms with van der Waals surface area (Å²) in [5.41, 5.74) is 3.56. The van der Waals surface area contributed by atoms with Crippen LogP contribution in [0.25, 0.3) is 11.1 Å². The number of nitrogens with zero attached hydrogens (tertiary/aromatic N) is 1. The average Bonchev–Trinajstić information content (AvgIpc) is 3.30. The third-order valence-electron chi connectivity index (χ3n) is 5.47. The van der Waals surface area contributed by atoms with Crippen LogP contribution in [-0.4, -0.2) is 42.6 Å². The van der Waals surface area contributed by atoms with Crippen molar-refractivity contribution in [2.24, 2.45) is 0 Å². The summed E-state index contributed by atoms with van der Waals surface area (Å²) in [5.74, 6) is 0.619. The zero-order chi connectivity index (χ0) is 24.5. The van der Waals surface area contributed by atoms with Gasteiger partial charge >= 0.3 is 5.97 Å². The normalized spacial score (nSPS) is 10.7. The Morgan fingerprint density at radius 3 is 2.53 bits per heavy atom. The summed E-state index contributed by atoms with van der Waals surface area (Å²) < 4.78 is 11.2. The highest BCUT2D eigenvalue weighted by molar-refractivity contribution is 7.10. The van der Waals surface area contributed by atoms with E-state index in [1.54, 1.807) is 54.7 Å². The molecular formula is C27H31NO5S. The zero-order valence-electron chi connectivity index (χ0n) is 19.9. The maximum absolute atomic E-state index is 12.8. The fourth-order valence-corrected chi connectivity index (χ4v) is 4.46. The van der Waals surface area contributed by atoms with Gasteiger partial charge in [0.05, 0.1) is 20.3 Å². The number of thiophene rings is 1. The monoisotopic (exact) mass is 481 g/mol. The largest absolute Gasteiger partial charge is 0.497 e. The number of ether oxygens (including phenoxy) is 2. The lowest BCUT2D eigenvalue weighted by Gasteiger charge is -2.16. The van der Waals surface area contributed by atoms with E-state index in [1.807, 2.05) is 18.2 Å². The number of aryl methyl sites for hydroxylation is 1. The molecule has 0 atom stereocenters. The molecule has 0 aliphatic heterocycles. The average molecular weight is 482 g/mol. The Balaban J connectivity index is 1.75.